The molecule has 1 amide bonds. The quantitative estimate of drug-likeness (QED) is 0.780. The molecule has 0 radical (unpaired) electrons. The average Bonchev–Trinajstić information content (AvgIpc) is 2.95. The van der Waals surface area contributed by atoms with E-state index in [0.29, 0.717) is 25.4 Å². The summed E-state index contributed by atoms with van der Waals surface area (Å²) < 4.78 is 10.8. The Bertz CT molecular complexity index is 539. The number of Topliss-reactive ketones (excluding diaryl/α,β-unsaturated/α-hetero) is 1. The van der Waals surface area contributed by atoms with Crippen LogP contribution < -0.4 is 0 Å². The number of likely N-dealkylation sites (tertiary alicyclic amines) is 1. The van der Waals surface area contributed by atoms with Gasteiger partial charge in [0.15, 0.2) is 0 Å². The Labute approximate surface area is 136 Å². The molecule has 0 saturated carbocycles. The van der Waals surface area contributed by atoms with Crippen LogP contribution in [-0.4, -0.2) is 53.7 Å². The maximum Gasteiger partial charge on any atom is 0.410 e. The lowest BCUT2D eigenvalue weighted by molar-refractivity contribution is 0.0273. The molecule has 2 rings (SSSR count). The van der Waals surface area contributed by atoms with Crippen LogP contribution in [0, 0.1) is 5.92 Å². The zero-order chi connectivity index (χ0) is 16.9. The van der Waals surface area contributed by atoms with E-state index in [-0.39, 0.29) is 24.4 Å². The SMILES string of the molecule is CC(C)(C)OC(=O)N1CC[C@H](COCC(=O)c2ccccn2)C1. The predicted octanol–water partition coefficient (Wildman–Crippen LogP) is 2.54. The summed E-state index contributed by atoms with van der Waals surface area (Å²) in [4.78, 5) is 29.5. The Hall–Kier alpha value is -1.95. The summed E-state index contributed by atoms with van der Waals surface area (Å²) in [6, 6.07) is 5.21. The molecular formula is C17H24N2O4. The van der Waals surface area contributed by atoms with E-state index < -0.39 is 5.60 Å². The van der Waals surface area contributed by atoms with E-state index in [2.05, 4.69) is 4.98 Å². The highest BCUT2D eigenvalue weighted by atomic mass is 16.6. The van der Waals surface area contributed by atoms with Crippen molar-refractivity contribution in [3.63, 3.8) is 0 Å². The van der Waals surface area contributed by atoms with E-state index in [1.54, 1.807) is 29.3 Å². The molecule has 1 saturated heterocycles. The number of hydrogen-bond donors (Lipinski definition) is 0. The third kappa shape index (κ3) is 5.63. The second-order valence-corrected chi connectivity index (χ2v) is 6.73. The number of carbonyl (C=O) groups excluding carboxylic acids is 2. The Balaban J connectivity index is 1.70. The Morgan fingerprint density at radius 2 is 2.13 bits per heavy atom. The van der Waals surface area contributed by atoms with Crippen molar-refractivity contribution in [2.75, 3.05) is 26.3 Å². The van der Waals surface area contributed by atoms with E-state index >= 15 is 0 Å². The predicted molar refractivity (Wildman–Crippen MR) is 85.3 cm³/mol. The van der Waals surface area contributed by atoms with Gasteiger partial charge in [0.2, 0.25) is 5.78 Å². The van der Waals surface area contributed by atoms with Crippen molar-refractivity contribution < 1.29 is 19.1 Å². The molecule has 1 aliphatic heterocycles. The Morgan fingerprint density at radius 1 is 1.35 bits per heavy atom. The van der Waals surface area contributed by atoms with Gasteiger partial charge in [-0.25, -0.2) is 4.79 Å². The number of aromatic nitrogens is 1. The number of rotatable bonds is 5. The number of hydrogen-bond acceptors (Lipinski definition) is 5. The van der Waals surface area contributed by atoms with E-state index in [0.717, 1.165) is 6.42 Å². The monoisotopic (exact) mass is 320 g/mol. The third-order valence-electron chi connectivity index (χ3n) is 3.47. The van der Waals surface area contributed by atoms with Crippen LogP contribution in [0.5, 0.6) is 0 Å². The number of carbonyl (C=O) groups is 2. The number of ketones is 1. The minimum Gasteiger partial charge on any atom is -0.444 e. The Morgan fingerprint density at radius 3 is 2.78 bits per heavy atom. The van der Waals surface area contributed by atoms with E-state index in [4.69, 9.17) is 9.47 Å². The highest BCUT2D eigenvalue weighted by Crippen LogP contribution is 2.19. The zero-order valence-electron chi connectivity index (χ0n) is 13.9. The molecule has 0 N–H and O–H groups in total. The average molecular weight is 320 g/mol. The van der Waals surface area contributed by atoms with Gasteiger partial charge in [0, 0.05) is 25.2 Å². The first kappa shape index (κ1) is 17.4. The highest BCUT2D eigenvalue weighted by Gasteiger charge is 2.29. The molecule has 1 aliphatic rings. The first-order valence-electron chi connectivity index (χ1n) is 7.85. The second-order valence-electron chi connectivity index (χ2n) is 6.73. The van der Waals surface area contributed by atoms with Gasteiger partial charge in [0.1, 0.15) is 17.9 Å². The topological polar surface area (TPSA) is 68.7 Å². The lowest BCUT2D eigenvalue weighted by atomic mass is 10.1. The molecule has 1 fully saturated rings. The van der Waals surface area contributed by atoms with Crippen LogP contribution in [0.1, 0.15) is 37.7 Å². The van der Waals surface area contributed by atoms with Crippen molar-refractivity contribution in [3.05, 3.63) is 30.1 Å². The molecule has 126 valence electrons. The molecular weight excluding hydrogens is 296 g/mol. The van der Waals surface area contributed by atoms with Crippen LogP contribution in [0.3, 0.4) is 0 Å². The molecule has 6 nitrogen and oxygen atoms in total. The van der Waals surface area contributed by atoms with E-state index in [9.17, 15) is 9.59 Å². The van der Waals surface area contributed by atoms with Gasteiger partial charge in [-0.3, -0.25) is 9.78 Å². The van der Waals surface area contributed by atoms with E-state index in [1.165, 1.54) is 0 Å². The molecule has 0 aliphatic carbocycles. The van der Waals surface area contributed by atoms with Gasteiger partial charge in [0.25, 0.3) is 0 Å². The van der Waals surface area contributed by atoms with Crippen molar-refractivity contribution in [2.45, 2.75) is 32.8 Å². The van der Waals surface area contributed by atoms with Gasteiger partial charge < -0.3 is 14.4 Å². The Kier molecular flexibility index (Phi) is 5.71. The van der Waals surface area contributed by atoms with Crippen molar-refractivity contribution in [2.24, 2.45) is 5.92 Å². The van der Waals surface area contributed by atoms with Gasteiger partial charge in [-0.1, -0.05) is 6.07 Å². The third-order valence-corrected chi connectivity index (χ3v) is 3.47. The van der Waals surface area contributed by atoms with Gasteiger partial charge in [-0.05, 0) is 39.3 Å². The minimum atomic E-state index is -0.485. The molecule has 0 bridgehead atoms. The smallest absolute Gasteiger partial charge is 0.410 e. The molecule has 1 aromatic heterocycles. The molecule has 0 aromatic carbocycles. The van der Waals surface area contributed by atoms with Crippen LogP contribution in [0.4, 0.5) is 4.79 Å². The van der Waals surface area contributed by atoms with Crippen LogP contribution in [-0.2, 0) is 9.47 Å². The fourth-order valence-electron chi connectivity index (χ4n) is 2.38. The fraction of sp³-hybridized carbons (Fsp3) is 0.588. The largest absolute Gasteiger partial charge is 0.444 e. The summed E-state index contributed by atoms with van der Waals surface area (Å²) in [7, 11) is 0. The van der Waals surface area contributed by atoms with Crippen molar-refractivity contribution >= 4 is 11.9 Å². The van der Waals surface area contributed by atoms with Crippen LogP contribution in [0.15, 0.2) is 24.4 Å². The summed E-state index contributed by atoms with van der Waals surface area (Å²) >= 11 is 0. The van der Waals surface area contributed by atoms with Gasteiger partial charge in [-0.15, -0.1) is 0 Å². The summed E-state index contributed by atoms with van der Waals surface area (Å²) in [6.07, 6.45) is 2.16. The molecule has 2 heterocycles. The van der Waals surface area contributed by atoms with Crippen LogP contribution in [0.2, 0.25) is 0 Å². The number of pyridine rings is 1. The first-order valence-corrected chi connectivity index (χ1v) is 7.85. The van der Waals surface area contributed by atoms with Gasteiger partial charge in [0.05, 0.1) is 6.61 Å². The number of nitrogens with zero attached hydrogens (tertiary/aromatic N) is 2. The van der Waals surface area contributed by atoms with E-state index in [1.807, 2.05) is 20.8 Å². The number of ether oxygens (including phenoxy) is 2. The maximum absolute atomic E-state index is 12.0. The summed E-state index contributed by atoms with van der Waals surface area (Å²) in [5.41, 5.74) is -0.0740. The highest BCUT2D eigenvalue weighted by molar-refractivity contribution is 5.95. The standard InChI is InChI=1S/C17H24N2O4/c1-17(2,3)23-16(21)19-9-7-13(10-19)11-22-12-15(20)14-6-4-5-8-18-14/h4-6,8,13H,7,9-12H2,1-3H3/t13-/m0/s1. The molecule has 1 aromatic rings. The molecule has 1 atom stereocenters. The van der Waals surface area contributed by atoms with Crippen LogP contribution in [0.25, 0.3) is 0 Å². The lowest BCUT2D eigenvalue weighted by Crippen LogP contribution is -2.35. The van der Waals surface area contributed by atoms with Crippen molar-refractivity contribution in [1.82, 2.24) is 9.88 Å². The zero-order valence-corrected chi connectivity index (χ0v) is 13.9. The molecule has 0 unspecified atom stereocenters. The van der Waals surface area contributed by atoms with Gasteiger partial charge >= 0.3 is 6.09 Å². The van der Waals surface area contributed by atoms with Crippen LogP contribution >= 0.6 is 0 Å². The molecule has 6 heteroatoms. The first-order chi connectivity index (χ1) is 10.8. The van der Waals surface area contributed by atoms with Crippen molar-refractivity contribution in [1.29, 1.82) is 0 Å². The minimum absolute atomic E-state index is 0.0138. The fourth-order valence-corrected chi connectivity index (χ4v) is 2.38. The normalized spacial score (nSPS) is 18.0. The summed E-state index contributed by atoms with van der Waals surface area (Å²) in [5, 5.41) is 0. The molecule has 23 heavy (non-hydrogen) atoms. The summed E-state index contributed by atoms with van der Waals surface area (Å²) in [6.45, 7) is 7.29. The van der Waals surface area contributed by atoms with Gasteiger partial charge in [-0.2, -0.15) is 0 Å². The lowest BCUT2D eigenvalue weighted by Gasteiger charge is -2.24. The second kappa shape index (κ2) is 7.55. The summed E-state index contributed by atoms with van der Waals surface area (Å²) in [5.74, 6) is 0.103. The maximum atomic E-state index is 12.0. The number of amides is 1. The van der Waals surface area contributed by atoms with Crippen molar-refractivity contribution in [3.8, 4) is 0 Å². The molecule has 0 spiro atoms.